The predicted octanol–water partition coefficient (Wildman–Crippen LogP) is 1.91. The lowest BCUT2D eigenvalue weighted by Gasteiger charge is -2.29. The number of hydrogen-bond donors (Lipinski definition) is 1. The van der Waals surface area contributed by atoms with Crippen molar-refractivity contribution in [2.45, 2.75) is 13.5 Å². The summed E-state index contributed by atoms with van der Waals surface area (Å²) in [5.41, 5.74) is 1.28. The van der Waals surface area contributed by atoms with E-state index in [0.717, 1.165) is 0 Å². The van der Waals surface area contributed by atoms with Crippen LogP contribution < -0.4 is 10.2 Å². The van der Waals surface area contributed by atoms with Gasteiger partial charge in [0.15, 0.2) is 0 Å². The molecule has 20 heavy (non-hydrogen) atoms. The van der Waals surface area contributed by atoms with Crippen LogP contribution in [0.4, 0.5) is 14.9 Å². The molecule has 1 heterocycles. The summed E-state index contributed by atoms with van der Waals surface area (Å²) in [4.78, 5) is 13.1. The van der Waals surface area contributed by atoms with Crippen LogP contribution in [0.2, 0.25) is 0 Å². The standard InChI is InChI=1S/C14H19FN2O3/c1-2-20-14(18)16-10-11-3-4-13(12(15)9-11)17-5-7-19-8-6-17/h3-4,9H,2,5-8,10H2,1H3,(H,16,18). The zero-order chi connectivity index (χ0) is 14.4. The summed E-state index contributed by atoms with van der Waals surface area (Å²) >= 11 is 0. The van der Waals surface area contributed by atoms with Crippen molar-refractivity contribution in [3.63, 3.8) is 0 Å². The number of alkyl carbamates (subject to hydrolysis) is 1. The molecule has 0 spiro atoms. The minimum absolute atomic E-state index is 0.249. The number of halogens is 1. The average molecular weight is 282 g/mol. The van der Waals surface area contributed by atoms with E-state index in [1.165, 1.54) is 6.07 Å². The first-order chi connectivity index (χ1) is 9.70. The van der Waals surface area contributed by atoms with Gasteiger partial charge in [0.2, 0.25) is 0 Å². The van der Waals surface area contributed by atoms with Crippen LogP contribution in [0, 0.1) is 5.82 Å². The van der Waals surface area contributed by atoms with E-state index >= 15 is 0 Å². The third-order valence-electron chi connectivity index (χ3n) is 3.08. The lowest BCUT2D eigenvalue weighted by Crippen LogP contribution is -2.36. The fourth-order valence-corrected chi connectivity index (χ4v) is 2.08. The van der Waals surface area contributed by atoms with Crippen LogP contribution in [0.5, 0.6) is 0 Å². The van der Waals surface area contributed by atoms with Crippen molar-refractivity contribution in [2.24, 2.45) is 0 Å². The zero-order valence-electron chi connectivity index (χ0n) is 11.5. The highest BCUT2D eigenvalue weighted by molar-refractivity contribution is 5.67. The Kier molecular flexibility index (Phi) is 5.17. The van der Waals surface area contributed by atoms with Crippen LogP contribution in [-0.2, 0) is 16.0 Å². The summed E-state index contributed by atoms with van der Waals surface area (Å²) in [6.07, 6.45) is -0.495. The summed E-state index contributed by atoms with van der Waals surface area (Å²) in [7, 11) is 0. The first kappa shape index (κ1) is 14.6. The monoisotopic (exact) mass is 282 g/mol. The third-order valence-corrected chi connectivity index (χ3v) is 3.08. The molecule has 0 atom stereocenters. The van der Waals surface area contributed by atoms with Crippen molar-refractivity contribution < 1.29 is 18.7 Å². The number of benzene rings is 1. The van der Waals surface area contributed by atoms with Gasteiger partial charge in [0.25, 0.3) is 0 Å². The largest absolute Gasteiger partial charge is 0.450 e. The maximum Gasteiger partial charge on any atom is 0.407 e. The summed E-state index contributed by atoms with van der Waals surface area (Å²) in [5, 5.41) is 2.56. The molecule has 1 aliphatic heterocycles. The molecule has 1 fully saturated rings. The molecule has 0 unspecified atom stereocenters. The molecule has 110 valence electrons. The van der Waals surface area contributed by atoms with Crippen LogP contribution in [-0.4, -0.2) is 39.0 Å². The van der Waals surface area contributed by atoms with Crippen molar-refractivity contribution in [1.82, 2.24) is 5.32 Å². The number of carbonyl (C=O) groups excluding carboxylic acids is 1. The minimum Gasteiger partial charge on any atom is -0.450 e. The molecule has 0 saturated carbocycles. The van der Waals surface area contributed by atoms with Gasteiger partial charge in [-0.3, -0.25) is 0 Å². The molecule has 0 aliphatic carbocycles. The second-order valence-corrected chi connectivity index (χ2v) is 4.46. The average Bonchev–Trinajstić information content (AvgIpc) is 2.46. The summed E-state index contributed by atoms with van der Waals surface area (Å²) in [5.74, 6) is -0.282. The molecular weight excluding hydrogens is 263 g/mol. The number of nitrogens with zero attached hydrogens (tertiary/aromatic N) is 1. The van der Waals surface area contributed by atoms with Crippen LogP contribution in [0.1, 0.15) is 12.5 Å². The second-order valence-electron chi connectivity index (χ2n) is 4.46. The van der Waals surface area contributed by atoms with Crippen LogP contribution >= 0.6 is 0 Å². The van der Waals surface area contributed by atoms with Gasteiger partial charge in [-0.1, -0.05) is 6.07 Å². The number of nitrogens with one attached hydrogen (secondary N) is 1. The SMILES string of the molecule is CCOC(=O)NCc1ccc(N2CCOCC2)c(F)c1. The van der Waals surface area contributed by atoms with Crippen molar-refractivity contribution in [3.8, 4) is 0 Å². The molecule has 1 aromatic rings. The predicted molar refractivity (Wildman–Crippen MR) is 73.3 cm³/mol. The van der Waals surface area contributed by atoms with E-state index in [0.29, 0.717) is 44.2 Å². The molecule has 2 rings (SSSR count). The Labute approximate surface area is 117 Å². The smallest absolute Gasteiger partial charge is 0.407 e. The number of amides is 1. The molecule has 1 amide bonds. The molecule has 5 nitrogen and oxygen atoms in total. The van der Waals surface area contributed by atoms with Gasteiger partial charge in [0.05, 0.1) is 25.5 Å². The van der Waals surface area contributed by atoms with Gasteiger partial charge in [0, 0.05) is 19.6 Å². The fourth-order valence-electron chi connectivity index (χ4n) is 2.08. The lowest BCUT2D eigenvalue weighted by atomic mass is 10.1. The van der Waals surface area contributed by atoms with Gasteiger partial charge in [-0.15, -0.1) is 0 Å². The maximum atomic E-state index is 14.1. The van der Waals surface area contributed by atoms with Crippen LogP contribution in [0.15, 0.2) is 18.2 Å². The number of anilines is 1. The summed E-state index contributed by atoms with van der Waals surface area (Å²) < 4.78 is 24.1. The Morgan fingerprint density at radius 2 is 2.20 bits per heavy atom. The van der Waals surface area contributed by atoms with Gasteiger partial charge in [-0.25, -0.2) is 9.18 Å². The highest BCUT2D eigenvalue weighted by Gasteiger charge is 2.15. The van der Waals surface area contributed by atoms with E-state index in [-0.39, 0.29) is 12.4 Å². The van der Waals surface area contributed by atoms with Gasteiger partial charge >= 0.3 is 6.09 Å². The zero-order valence-corrected chi connectivity index (χ0v) is 11.5. The van der Waals surface area contributed by atoms with Crippen molar-refractivity contribution >= 4 is 11.8 Å². The van der Waals surface area contributed by atoms with Gasteiger partial charge < -0.3 is 19.7 Å². The highest BCUT2D eigenvalue weighted by atomic mass is 19.1. The fraction of sp³-hybridized carbons (Fsp3) is 0.500. The van der Waals surface area contributed by atoms with Crippen LogP contribution in [0.25, 0.3) is 0 Å². The van der Waals surface area contributed by atoms with Crippen LogP contribution in [0.3, 0.4) is 0 Å². The molecule has 1 saturated heterocycles. The minimum atomic E-state index is -0.495. The molecule has 6 heteroatoms. The van der Waals surface area contributed by atoms with E-state index in [1.807, 2.05) is 4.90 Å². The number of carbonyl (C=O) groups is 1. The molecule has 0 aromatic heterocycles. The molecule has 1 aromatic carbocycles. The second kappa shape index (κ2) is 7.09. The van der Waals surface area contributed by atoms with Crippen molar-refractivity contribution in [2.75, 3.05) is 37.8 Å². The first-order valence-corrected chi connectivity index (χ1v) is 6.72. The Morgan fingerprint density at radius 3 is 2.85 bits per heavy atom. The number of rotatable bonds is 4. The summed E-state index contributed by atoms with van der Waals surface area (Å²) in [6.45, 7) is 4.91. The van der Waals surface area contributed by atoms with E-state index in [2.05, 4.69) is 5.32 Å². The molecule has 1 aliphatic rings. The quantitative estimate of drug-likeness (QED) is 0.916. The van der Waals surface area contributed by atoms with Gasteiger partial charge in [-0.2, -0.15) is 0 Å². The lowest BCUT2D eigenvalue weighted by molar-refractivity contribution is 0.122. The molecular formula is C14H19FN2O3. The van der Waals surface area contributed by atoms with E-state index in [1.54, 1.807) is 19.1 Å². The van der Waals surface area contributed by atoms with Gasteiger partial charge in [-0.05, 0) is 24.6 Å². The van der Waals surface area contributed by atoms with Gasteiger partial charge in [0.1, 0.15) is 5.82 Å². The Balaban J connectivity index is 1.96. The van der Waals surface area contributed by atoms with E-state index in [9.17, 15) is 9.18 Å². The van der Waals surface area contributed by atoms with E-state index in [4.69, 9.17) is 9.47 Å². The van der Waals surface area contributed by atoms with Crippen molar-refractivity contribution in [3.05, 3.63) is 29.6 Å². The Hall–Kier alpha value is -1.82. The Bertz CT molecular complexity index is 462. The Morgan fingerprint density at radius 1 is 1.45 bits per heavy atom. The maximum absolute atomic E-state index is 14.1. The first-order valence-electron chi connectivity index (χ1n) is 6.72. The molecule has 1 N–H and O–H groups in total. The highest BCUT2D eigenvalue weighted by Crippen LogP contribution is 2.21. The molecule has 0 radical (unpaired) electrons. The van der Waals surface area contributed by atoms with Crippen molar-refractivity contribution in [1.29, 1.82) is 0 Å². The third kappa shape index (κ3) is 3.84. The number of morpholine rings is 1. The topological polar surface area (TPSA) is 50.8 Å². The normalized spacial score (nSPS) is 15.0. The number of hydrogen-bond acceptors (Lipinski definition) is 4. The number of ether oxygens (including phenoxy) is 2. The van der Waals surface area contributed by atoms with E-state index < -0.39 is 6.09 Å². The molecule has 0 bridgehead atoms. The summed E-state index contributed by atoms with van der Waals surface area (Å²) in [6, 6.07) is 4.99.